The SMILES string of the molecule is Cc1cccc(CNC(=O)c2c(C)ccn(CC3CCCO3)c2=O)c1C. The van der Waals surface area contributed by atoms with E-state index in [0.29, 0.717) is 18.7 Å². The molecule has 26 heavy (non-hydrogen) atoms. The molecule has 5 heteroatoms. The number of hydrogen-bond acceptors (Lipinski definition) is 3. The lowest BCUT2D eigenvalue weighted by molar-refractivity contribution is 0.0928. The Labute approximate surface area is 154 Å². The third-order valence-electron chi connectivity index (χ3n) is 5.18. The van der Waals surface area contributed by atoms with Crippen molar-refractivity contribution in [1.29, 1.82) is 0 Å². The van der Waals surface area contributed by atoms with Crippen molar-refractivity contribution < 1.29 is 9.53 Å². The van der Waals surface area contributed by atoms with Gasteiger partial charge in [-0.2, -0.15) is 0 Å². The highest BCUT2D eigenvalue weighted by atomic mass is 16.5. The number of amides is 1. The minimum atomic E-state index is -0.324. The van der Waals surface area contributed by atoms with Crippen molar-refractivity contribution in [2.75, 3.05) is 6.61 Å². The zero-order chi connectivity index (χ0) is 18.7. The van der Waals surface area contributed by atoms with E-state index in [0.717, 1.165) is 30.6 Å². The Morgan fingerprint density at radius 3 is 2.77 bits per heavy atom. The van der Waals surface area contributed by atoms with Gasteiger partial charge in [0.1, 0.15) is 5.56 Å². The van der Waals surface area contributed by atoms with Gasteiger partial charge in [0.15, 0.2) is 0 Å². The number of aryl methyl sites for hydroxylation is 2. The molecule has 0 bridgehead atoms. The van der Waals surface area contributed by atoms with Crippen LogP contribution in [-0.2, 0) is 17.8 Å². The van der Waals surface area contributed by atoms with E-state index in [1.165, 1.54) is 5.56 Å². The number of nitrogens with zero attached hydrogens (tertiary/aromatic N) is 1. The molecule has 1 atom stereocenters. The van der Waals surface area contributed by atoms with Gasteiger partial charge in [0.05, 0.1) is 12.6 Å². The molecule has 1 amide bonds. The number of aromatic nitrogens is 1. The summed E-state index contributed by atoms with van der Waals surface area (Å²) in [6, 6.07) is 7.84. The van der Waals surface area contributed by atoms with Crippen LogP contribution in [0, 0.1) is 20.8 Å². The van der Waals surface area contributed by atoms with E-state index >= 15 is 0 Å². The number of hydrogen-bond donors (Lipinski definition) is 1. The van der Waals surface area contributed by atoms with Crippen LogP contribution < -0.4 is 10.9 Å². The minimum absolute atomic E-state index is 0.0567. The second kappa shape index (κ2) is 7.87. The standard InChI is InChI=1S/C21H26N2O3/c1-14-6-4-7-17(16(14)3)12-22-20(24)19-15(2)9-10-23(21(19)25)13-18-8-5-11-26-18/h4,6-7,9-10,18H,5,8,11-13H2,1-3H3,(H,22,24). The predicted molar refractivity (Wildman–Crippen MR) is 101 cm³/mol. The molecule has 1 saturated heterocycles. The van der Waals surface area contributed by atoms with Crippen molar-refractivity contribution in [3.8, 4) is 0 Å². The molecule has 0 spiro atoms. The Balaban J connectivity index is 1.77. The first-order chi connectivity index (χ1) is 12.5. The van der Waals surface area contributed by atoms with Gasteiger partial charge >= 0.3 is 0 Å². The number of pyridine rings is 1. The Kier molecular flexibility index (Phi) is 5.57. The van der Waals surface area contributed by atoms with Crippen molar-refractivity contribution in [3.63, 3.8) is 0 Å². The van der Waals surface area contributed by atoms with E-state index in [4.69, 9.17) is 4.74 Å². The van der Waals surface area contributed by atoms with E-state index in [1.807, 2.05) is 38.1 Å². The van der Waals surface area contributed by atoms with Gasteiger partial charge in [-0.3, -0.25) is 9.59 Å². The maximum absolute atomic E-state index is 12.8. The number of rotatable bonds is 5. The highest BCUT2D eigenvalue weighted by molar-refractivity contribution is 5.95. The zero-order valence-corrected chi connectivity index (χ0v) is 15.7. The summed E-state index contributed by atoms with van der Waals surface area (Å²) < 4.78 is 7.20. The highest BCUT2D eigenvalue weighted by Crippen LogP contribution is 2.14. The second-order valence-corrected chi connectivity index (χ2v) is 7.01. The number of benzene rings is 1. The summed E-state index contributed by atoms with van der Waals surface area (Å²) in [5, 5.41) is 2.90. The fraction of sp³-hybridized carbons (Fsp3) is 0.429. The first-order valence-corrected chi connectivity index (χ1v) is 9.12. The van der Waals surface area contributed by atoms with Crippen LogP contribution in [0.5, 0.6) is 0 Å². The van der Waals surface area contributed by atoms with Gasteiger partial charge in [0, 0.05) is 19.3 Å². The number of carbonyl (C=O) groups excluding carboxylic acids is 1. The van der Waals surface area contributed by atoms with Crippen molar-refractivity contribution in [2.45, 2.75) is 52.8 Å². The van der Waals surface area contributed by atoms with E-state index < -0.39 is 0 Å². The van der Waals surface area contributed by atoms with Crippen molar-refractivity contribution in [1.82, 2.24) is 9.88 Å². The lowest BCUT2D eigenvalue weighted by atomic mass is 10.0. The maximum Gasteiger partial charge on any atom is 0.263 e. The highest BCUT2D eigenvalue weighted by Gasteiger charge is 2.20. The van der Waals surface area contributed by atoms with Crippen LogP contribution in [0.15, 0.2) is 35.3 Å². The Morgan fingerprint density at radius 2 is 2.04 bits per heavy atom. The first kappa shape index (κ1) is 18.4. The third-order valence-corrected chi connectivity index (χ3v) is 5.18. The Morgan fingerprint density at radius 1 is 1.23 bits per heavy atom. The van der Waals surface area contributed by atoms with E-state index in [9.17, 15) is 9.59 Å². The van der Waals surface area contributed by atoms with Crippen molar-refractivity contribution in [2.24, 2.45) is 0 Å². The van der Waals surface area contributed by atoms with Crippen LogP contribution in [0.1, 0.15) is 45.5 Å². The smallest absolute Gasteiger partial charge is 0.263 e. The van der Waals surface area contributed by atoms with E-state index in [2.05, 4.69) is 5.32 Å². The lowest BCUT2D eigenvalue weighted by Crippen LogP contribution is -2.35. The first-order valence-electron chi connectivity index (χ1n) is 9.12. The average molecular weight is 354 g/mol. The summed E-state index contributed by atoms with van der Waals surface area (Å²) in [6.45, 7) is 7.53. The molecule has 1 aliphatic heterocycles. The lowest BCUT2D eigenvalue weighted by Gasteiger charge is -2.15. The molecule has 0 aliphatic carbocycles. The maximum atomic E-state index is 12.8. The van der Waals surface area contributed by atoms with Crippen molar-refractivity contribution in [3.05, 3.63) is 68.6 Å². The molecular weight excluding hydrogens is 328 g/mol. The average Bonchev–Trinajstić information content (AvgIpc) is 3.12. The van der Waals surface area contributed by atoms with Gasteiger partial charge in [-0.1, -0.05) is 18.2 Å². The third kappa shape index (κ3) is 3.88. The predicted octanol–water partition coefficient (Wildman–Crippen LogP) is 2.88. The summed E-state index contributed by atoms with van der Waals surface area (Å²) in [5.41, 5.74) is 4.07. The molecule has 1 aromatic heterocycles. The second-order valence-electron chi connectivity index (χ2n) is 7.01. The molecule has 3 rings (SSSR count). The summed E-state index contributed by atoms with van der Waals surface area (Å²) in [5.74, 6) is -0.324. The van der Waals surface area contributed by atoms with Crippen LogP contribution in [-0.4, -0.2) is 23.2 Å². The van der Waals surface area contributed by atoms with Gasteiger partial charge in [-0.05, 0) is 61.9 Å². The fourth-order valence-corrected chi connectivity index (χ4v) is 3.36. The van der Waals surface area contributed by atoms with Gasteiger partial charge in [0.2, 0.25) is 0 Å². The van der Waals surface area contributed by atoms with Crippen LogP contribution >= 0.6 is 0 Å². The summed E-state index contributed by atoms with van der Waals surface area (Å²) >= 11 is 0. The molecule has 0 radical (unpaired) electrons. The molecule has 0 saturated carbocycles. The Hall–Kier alpha value is -2.40. The number of nitrogens with one attached hydrogen (secondary N) is 1. The topological polar surface area (TPSA) is 60.3 Å². The van der Waals surface area contributed by atoms with Crippen molar-refractivity contribution >= 4 is 5.91 Å². The largest absolute Gasteiger partial charge is 0.376 e. The molecule has 1 aromatic carbocycles. The monoisotopic (exact) mass is 354 g/mol. The van der Waals surface area contributed by atoms with Crippen LogP contribution in [0.25, 0.3) is 0 Å². The van der Waals surface area contributed by atoms with E-state index in [-0.39, 0.29) is 23.1 Å². The normalized spacial score (nSPS) is 16.7. The number of ether oxygens (including phenoxy) is 1. The molecule has 1 aliphatic rings. The summed E-state index contributed by atoms with van der Waals surface area (Å²) in [6.07, 6.45) is 3.78. The Bertz CT molecular complexity index is 864. The van der Waals surface area contributed by atoms with Crippen LogP contribution in [0.2, 0.25) is 0 Å². The molecule has 5 nitrogen and oxygen atoms in total. The molecule has 2 heterocycles. The van der Waals surface area contributed by atoms with E-state index in [1.54, 1.807) is 17.7 Å². The summed E-state index contributed by atoms with van der Waals surface area (Å²) in [4.78, 5) is 25.5. The fourth-order valence-electron chi connectivity index (χ4n) is 3.36. The van der Waals surface area contributed by atoms with Gasteiger partial charge in [-0.25, -0.2) is 0 Å². The van der Waals surface area contributed by atoms with Crippen LogP contribution in [0.4, 0.5) is 0 Å². The van der Waals surface area contributed by atoms with Gasteiger partial charge in [-0.15, -0.1) is 0 Å². The molecule has 1 unspecified atom stereocenters. The zero-order valence-electron chi connectivity index (χ0n) is 15.7. The minimum Gasteiger partial charge on any atom is -0.376 e. The van der Waals surface area contributed by atoms with Crippen LogP contribution in [0.3, 0.4) is 0 Å². The van der Waals surface area contributed by atoms with Gasteiger partial charge < -0.3 is 14.6 Å². The molecule has 138 valence electrons. The molecule has 2 aromatic rings. The number of carbonyl (C=O) groups is 1. The van der Waals surface area contributed by atoms with Gasteiger partial charge in [0.25, 0.3) is 11.5 Å². The summed E-state index contributed by atoms with van der Waals surface area (Å²) in [7, 11) is 0. The molecular formula is C21H26N2O3. The molecule has 1 N–H and O–H groups in total. The quantitative estimate of drug-likeness (QED) is 0.898. The molecule has 1 fully saturated rings.